The van der Waals surface area contributed by atoms with Crippen LogP contribution in [0.2, 0.25) is 0 Å². The lowest BCUT2D eigenvalue weighted by molar-refractivity contribution is -0.115. The number of thioether (sulfide) groups is 1. The minimum Gasteiger partial charge on any atom is -0.411 e. The number of carbonyl (C=O) groups is 2. The van der Waals surface area contributed by atoms with Gasteiger partial charge in [-0.1, -0.05) is 23.9 Å². The highest BCUT2D eigenvalue weighted by Gasteiger charge is 2.19. The van der Waals surface area contributed by atoms with Crippen molar-refractivity contribution < 1.29 is 14.0 Å². The number of aromatic nitrogens is 3. The second-order valence-corrected chi connectivity index (χ2v) is 6.79. The first-order valence-corrected chi connectivity index (χ1v) is 8.73. The van der Waals surface area contributed by atoms with Crippen LogP contribution in [0.5, 0.6) is 0 Å². The van der Waals surface area contributed by atoms with Crippen LogP contribution in [0.3, 0.4) is 0 Å². The largest absolute Gasteiger partial charge is 0.411 e. The number of ketones is 1. The lowest BCUT2D eigenvalue weighted by Gasteiger charge is -2.10. The zero-order valence-electron chi connectivity index (χ0n) is 14.2. The number of hydrogen-bond donors (Lipinski definition) is 1. The van der Waals surface area contributed by atoms with Gasteiger partial charge in [-0.2, -0.15) is 0 Å². The van der Waals surface area contributed by atoms with E-state index in [0.717, 1.165) is 11.8 Å². The van der Waals surface area contributed by atoms with Gasteiger partial charge in [0.15, 0.2) is 5.78 Å². The summed E-state index contributed by atoms with van der Waals surface area (Å²) in [5.41, 5.74) is 1.82. The van der Waals surface area contributed by atoms with Crippen molar-refractivity contribution in [3.8, 4) is 11.5 Å². The van der Waals surface area contributed by atoms with Crippen LogP contribution in [-0.2, 0) is 4.79 Å². The van der Waals surface area contributed by atoms with E-state index in [4.69, 9.17) is 4.42 Å². The van der Waals surface area contributed by atoms with Crippen molar-refractivity contribution in [3.05, 3.63) is 54.4 Å². The Bertz CT molecular complexity index is 927. The number of pyridine rings is 1. The first kappa shape index (κ1) is 17.8. The number of carbonyl (C=O) groups excluding carboxylic acids is 2. The maximum Gasteiger partial charge on any atom is 0.277 e. The summed E-state index contributed by atoms with van der Waals surface area (Å²) in [6.07, 6.45) is 3.28. The fraction of sp³-hybridized carbons (Fsp3) is 0.167. The molecule has 0 saturated heterocycles. The second-order valence-electron chi connectivity index (χ2n) is 5.50. The van der Waals surface area contributed by atoms with Crippen molar-refractivity contribution in [2.45, 2.75) is 24.3 Å². The molecular formula is C18H16N4O3S. The Morgan fingerprint density at radius 2 is 2.04 bits per heavy atom. The molecule has 2 heterocycles. The van der Waals surface area contributed by atoms with Gasteiger partial charge in [-0.25, -0.2) is 0 Å². The second kappa shape index (κ2) is 7.92. The molecule has 2 aromatic heterocycles. The lowest BCUT2D eigenvalue weighted by Crippen LogP contribution is -2.22. The third-order valence-corrected chi connectivity index (χ3v) is 4.43. The maximum absolute atomic E-state index is 12.4. The van der Waals surface area contributed by atoms with Crippen molar-refractivity contribution in [2.24, 2.45) is 0 Å². The normalized spacial score (nSPS) is 11.8. The van der Waals surface area contributed by atoms with E-state index in [1.807, 2.05) is 6.07 Å². The molecular weight excluding hydrogens is 352 g/mol. The zero-order valence-corrected chi connectivity index (χ0v) is 15.0. The van der Waals surface area contributed by atoms with Gasteiger partial charge in [0.2, 0.25) is 11.8 Å². The van der Waals surface area contributed by atoms with Crippen molar-refractivity contribution >= 4 is 29.1 Å². The molecule has 1 aromatic carbocycles. The van der Waals surface area contributed by atoms with E-state index in [1.165, 1.54) is 6.92 Å². The van der Waals surface area contributed by atoms with Gasteiger partial charge in [-0.15, -0.1) is 10.2 Å². The molecule has 1 atom stereocenters. The van der Waals surface area contributed by atoms with Crippen LogP contribution in [0.4, 0.5) is 5.69 Å². The van der Waals surface area contributed by atoms with E-state index in [-0.39, 0.29) is 11.7 Å². The molecule has 0 aliphatic carbocycles. The fourth-order valence-corrected chi connectivity index (χ4v) is 2.81. The fourth-order valence-electron chi connectivity index (χ4n) is 2.13. The number of amides is 1. The summed E-state index contributed by atoms with van der Waals surface area (Å²) in [6.45, 7) is 3.22. The molecule has 0 radical (unpaired) electrons. The molecule has 0 aliphatic rings. The molecule has 0 unspecified atom stereocenters. The topological polar surface area (TPSA) is 98.0 Å². The predicted octanol–water partition coefficient (Wildman–Crippen LogP) is 3.45. The average Bonchev–Trinajstić information content (AvgIpc) is 3.11. The number of nitrogens with zero attached hydrogens (tertiary/aromatic N) is 3. The zero-order chi connectivity index (χ0) is 18.5. The van der Waals surface area contributed by atoms with Gasteiger partial charge in [0, 0.05) is 23.6 Å². The maximum atomic E-state index is 12.4. The molecule has 3 aromatic rings. The van der Waals surface area contributed by atoms with Gasteiger partial charge in [0.25, 0.3) is 5.22 Å². The van der Waals surface area contributed by atoms with E-state index in [9.17, 15) is 9.59 Å². The molecule has 0 saturated carbocycles. The van der Waals surface area contributed by atoms with Crippen LogP contribution in [0, 0.1) is 0 Å². The summed E-state index contributed by atoms with van der Waals surface area (Å²) < 4.78 is 5.57. The summed E-state index contributed by atoms with van der Waals surface area (Å²) in [5.74, 6) is 0.0662. The Balaban J connectivity index is 1.64. The standard InChI is InChI=1S/C18H16N4O3S/c1-11(23)13-5-3-7-15(9-13)20-16(24)12(2)26-18-22-21-17(25-18)14-6-4-8-19-10-14/h3-10,12H,1-2H3,(H,20,24)/t12-/m0/s1. The molecule has 132 valence electrons. The number of hydrogen-bond acceptors (Lipinski definition) is 7. The van der Waals surface area contributed by atoms with Gasteiger partial charge in [-0.3, -0.25) is 14.6 Å². The Kier molecular flexibility index (Phi) is 5.43. The highest BCUT2D eigenvalue weighted by Crippen LogP contribution is 2.26. The van der Waals surface area contributed by atoms with E-state index in [1.54, 1.807) is 49.6 Å². The smallest absolute Gasteiger partial charge is 0.277 e. The van der Waals surface area contributed by atoms with Crippen molar-refractivity contribution in [1.29, 1.82) is 0 Å². The highest BCUT2D eigenvalue weighted by atomic mass is 32.2. The van der Waals surface area contributed by atoms with Gasteiger partial charge in [0.05, 0.1) is 10.8 Å². The summed E-state index contributed by atoms with van der Waals surface area (Å²) >= 11 is 1.16. The quantitative estimate of drug-likeness (QED) is 0.525. The average molecular weight is 368 g/mol. The Morgan fingerprint density at radius 1 is 1.19 bits per heavy atom. The van der Waals surface area contributed by atoms with Crippen LogP contribution in [0.25, 0.3) is 11.5 Å². The SMILES string of the molecule is CC(=O)c1cccc(NC(=O)[C@H](C)Sc2nnc(-c3cccnc3)o2)c1. The van der Waals surface area contributed by atoms with Gasteiger partial charge < -0.3 is 9.73 Å². The van der Waals surface area contributed by atoms with Gasteiger partial charge in [0.1, 0.15) is 0 Å². The predicted molar refractivity (Wildman–Crippen MR) is 97.9 cm³/mol. The molecule has 26 heavy (non-hydrogen) atoms. The van der Waals surface area contributed by atoms with Crippen molar-refractivity contribution in [2.75, 3.05) is 5.32 Å². The third-order valence-electron chi connectivity index (χ3n) is 3.50. The molecule has 0 bridgehead atoms. The number of nitrogens with one attached hydrogen (secondary N) is 1. The van der Waals surface area contributed by atoms with E-state index in [0.29, 0.717) is 27.9 Å². The molecule has 0 spiro atoms. The number of anilines is 1. The van der Waals surface area contributed by atoms with Crippen LogP contribution < -0.4 is 5.32 Å². The van der Waals surface area contributed by atoms with Crippen molar-refractivity contribution in [1.82, 2.24) is 15.2 Å². The third kappa shape index (κ3) is 4.34. The van der Waals surface area contributed by atoms with E-state index < -0.39 is 5.25 Å². The van der Waals surface area contributed by atoms with Crippen molar-refractivity contribution in [3.63, 3.8) is 0 Å². The van der Waals surface area contributed by atoms with E-state index in [2.05, 4.69) is 20.5 Å². The van der Waals surface area contributed by atoms with Crippen LogP contribution in [0.1, 0.15) is 24.2 Å². The highest BCUT2D eigenvalue weighted by molar-refractivity contribution is 8.00. The minimum atomic E-state index is -0.460. The summed E-state index contributed by atoms with van der Waals surface area (Å²) in [7, 11) is 0. The first-order valence-electron chi connectivity index (χ1n) is 7.85. The van der Waals surface area contributed by atoms with Crippen LogP contribution in [-0.4, -0.2) is 32.1 Å². The van der Waals surface area contributed by atoms with Crippen LogP contribution in [0.15, 0.2) is 58.4 Å². The monoisotopic (exact) mass is 368 g/mol. The lowest BCUT2D eigenvalue weighted by atomic mass is 10.1. The summed E-state index contributed by atoms with van der Waals surface area (Å²) in [5, 5.41) is 10.5. The number of benzene rings is 1. The summed E-state index contributed by atoms with van der Waals surface area (Å²) in [6, 6.07) is 10.4. The van der Waals surface area contributed by atoms with Gasteiger partial charge >= 0.3 is 0 Å². The number of rotatable bonds is 6. The van der Waals surface area contributed by atoms with Crippen LogP contribution >= 0.6 is 11.8 Å². The molecule has 3 rings (SSSR count). The molecule has 1 N–H and O–H groups in total. The molecule has 0 fully saturated rings. The van der Waals surface area contributed by atoms with E-state index >= 15 is 0 Å². The Hall–Kier alpha value is -3.00. The molecule has 7 nitrogen and oxygen atoms in total. The molecule has 1 amide bonds. The van der Waals surface area contributed by atoms with Gasteiger partial charge in [-0.05, 0) is 38.1 Å². The first-order chi connectivity index (χ1) is 12.5. The molecule has 8 heteroatoms. The summed E-state index contributed by atoms with van der Waals surface area (Å²) in [4.78, 5) is 27.8. The Labute approximate surface area is 154 Å². The minimum absolute atomic E-state index is 0.0580. The molecule has 0 aliphatic heterocycles. The Morgan fingerprint density at radius 3 is 2.77 bits per heavy atom. The number of Topliss-reactive ketones (excluding diaryl/α,β-unsaturated/α-hetero) is 1.